The average Bonchev–Trinajstić information content (AvgIpc) is 2.97. The molecule has 5 nitrogen and oxygen atoms in total. The van der Waals surface area contributed by atoms with Crippen LogP contribution in [0.4, 0.5) is 0 Å². The van der Waals surface area contributed by atoms with Gasteiger partial charge >= 0.3 is 0 Å². The number of imidazole rings is 1. The molecule has 1 aromatic heterocycles. The molecule has 3 N–H and O–H groups in total. The van der Waals surface area contributed by atoms with Crippen molar-refractivity contribution in [1.29, 1.82) is 0 Å². The number of nitrogens with zero attached hydrogens (tertiary/aromatic N) is 2. The molecule has 0 unspecified atom stereocenters. The minimum Gasteiger partial charge on any atom is -0.334 e. The van der Waals surface area contributed by atoms with Gasteiger partial charge < -0.3 is 10.3 Å². The van der Waals surface area contributed by atoms with Crippen LogP contribution in [0.5, 0.6) is 0 Å². The summed E-state index contributed by atoms with van der Waals surface area (Å²) >= 11 is 0. The molecule has 106 valence electrons. The molecule has 0 aliphatic rings. The van der Waals surface area contributed by atoms with Gasteiger partial charge in [0.15, 0.2) is 0 Å². The van der Waals surface area contributed by atoms with E-state index in [1.165, 1.54) is 5.56 Å². The number of allylic oxidation sites excluding steroid dienone is 1. The number of nitrogens with two attached hydrogens (primary N) is 1. The lowest BCUT2D eigenvalue weighted by atomic mass is 10.1. The number of rotatable bonds is 7. The minimum atomic E-state index is 0.467. The molecule has 0 fully saturated rings. The van der Waals surface area contributed by atoms with Gasteiger partial charge in [0.1, 0.15) is 0 Å². The van der Waals surface area contributed by atoms with E-state index in [1.54, 1.807) is 12.5 Å². The van der Waals surface area contributed by atoms with E-state index in [9.17, 15) is 0 Å². The van der Waals surface area contributed by atoms with Gasteiger partial charge in [0, 0.05) is 31.0 Å². The number of nitrogens with one attached hydrogen (secondary N) is 1. The van der Waals surface area contributed by atoms with E-state index in [0.29, 0.717) is 13.2 Å². The lowest BCUT2D eigenvalue weighted by Gasteiger charge is -2.13. The van der Waals surface area contributed by atoms with Crippen molar-refractivity contribution in [3.05, 3.63) is 60.2 Å². The summed E-state index contributed by atoms with van der Waals surface area (Å²) in [6.07, 6.45) is 7.54. The highest BCUT2D eigenvalue weighted by atomic mass is 16.6. The van der Waals surface area contributed by atoms with Crippen molar-refractivity contribution in [3.8, 4) is 0 Å². The van der Waals surface area contributed by atoms with E-state index >= 15 is 0 Å². The van der Waals surface area contributed by atoms with Crippen molar-refractivity contribution in [2.45, 2.75) is 13.5 Å². The second-order valence-electron chi connectivity index (χ2n) is 4.43. The van der Waals surface area contributed by atoms with Gasteiger partial charge in [-0.1, -0.05) is 24.3 Å². The summed E-state index contributed by atoms with van der Waals surface area (Å²) in [4.78, 5) is 9.39. The lowest BCUT2D eigenvalue weighted by Crippen LogP contribution is -2.19. The molecule has 0 spiro atoms. The van der Waals surface area contributed by atoms with Crippen LogP contribution in [-0.4, -0.2) is 22.7 Å². The fourth-order valence-corrected chi connectivity index (χ4v) is 1.86. The molecule has 0 saturated carbocycles. The Hall–Kier alpha value is -2.11. The third-order valence-corrected chi connectivity index (χ3v) is 2.90. The molecule has 0 atom stereocenters. The minimum absolute atomic E-state index is 0.467. The largest absolute Gasteiger partial charge is 0.334 e. The maximum Gasteiger partial charge on any atom is 0.0948 e. The maximum atomic E-state index is 5.44. The van der Waals surface area contributed by atoms with E-state index in [2.05, 4.69) is 35.6 Å². The van der Waals surface area contributed by atoms with E-state index in [0.717, 1.165) is 17.8 Å². The number of aromatic nitrogens is 2. The monoisotopic (exact) mass is 272 g/mol. The zero-order valence-corrected chi connectivity index (χ0v) is 11.6. The number of aryl methyl sites for hydroxylation is 1. The summed E-state index contributed by atoms with van der Waals surface area (Å²) in [5.74, 6) is 0. The predicted molar refractivity (Wildman–Crippen MR) is 79.5 cm³/mol. The first-order valence-electron chi connectivity index (χ1n) is 6.61. The van der Waals surface area contributed by atoms with Gasteiger partial charge in [-0.05, 0) is 18.6 Å². The second kappa shape index (κ2) is 7.47. The van der Waals surface area contributed by atoms with Crippen LogP contribution in [0.15, 0.2) is 49.1 Å². The number of hydrogen-bond acceptors (Lipinski definition) is 4. The van der Waals surface area contributed by atoms with E-state index in [-0.39, 0.29) is 0 Å². The van der Waals surface area contributed by atoms with Crippen molar-refractivity contribution in [2.75, 3.05) is 13.2 Å². The zero-order chi connectivity index (χ0) is 14.2. The van der Waals surface area contributed by atoms with Crippen LogP contribution < -0.4 is 11.2 Å². The van der Waals surface area contributed by atoms with Crippen LogP contribution >= 0.6 is 0 Å². The average molecular weight is 272 g/mol. The number of hydrogen-bond donors (Lipinski definition) is 2. The molecule has 2 aromatic rings. The van der Waals surface area contributed by atoms with Gasteiger partial charge in [0.25, 0.3) is 0 Å². The molecule has 1 heterocycles. The van der Waals surface area contributed by atoms with E-state index < -0.39 is 0 Å². The van der Waals surface area contributed by atoms with Crippen LogP contribution in [0.1, 0.15) is 11.1 Å². The van der Waals surface area contributed by atoms with Gasteiger partial charge in [0.05, 0.1) is 18.6 Å². The molecular formula is C15H20N4O. The Kier molecular flexibility index (Phi) is 5.34. The van der Waals surface area contributed by atoms with Crippen molar-refractivity contribution < 1.29 is 4.84 Å². The third-order valence-electron chi connectivity index (χ3n) is 2.90. The smallest absolute Gasteiger partial charge is 0.0948 e. The molecule has 5 heteroatoms. The highest BCUT2D eigenvalue weighted by molar-refractivity contribution is 5.65. The first-order chi connectivity index (χ1) is 9.81. The Morgan fingerprint density at radius 2 is 2.30 bits per heavy atom. The van der Waals surface area contributed by atoms with Crippen molar-refractivity contribution >= 4 is 5.70 Å². The molecule has 20 heavy (non-hydrogen) atoms. The molecule has 0 amide bonds. The zero-order valence-electron chi connectivity index (χ0n) is 11.6. The summed E-state index contributed by atoms with van der Waals surface area (Å²) in [5, 5.41) is 0. The summed E-state index contributed by atoms with van der Waals surface area (Å²) in [6.45, 7) is 3.75. The van der Waals surface area contributed by atoms with Crippen molar-refractivity contribution in [3.63, 3.8) is 0 Å². The molecule has 1 aromatic carbocycles. The summed E-state index contributed by atoms with van der Waals surface area (Å²) in [5.41, 5.74) is 11.7. The van der Waals surface area contributed by atoms with Gasteiger partial charge in [-0.3, -0.25) is 10.3 Å². The second-order valence-corrected chi connectivity index (χ2v) is 4.43. The Balaban J connectivity index is 2.15. The quantitative estimate of drug-likeness (QED) is 0.595. The lowest BCUT2D eigenvalue weighted by molar-refractivity contribution is 0.0847. The molecule has 0 saturated heterocycles. The Labute approximate surface area is 119 Å². The Morgan fingerprint density at radius 1 is 1.45 bits per heavy atom. The van der Waals surface area contributed by atoms with E-state index in [1.807, 2.05) is 22.9 Å². The molecular weight excluding hydrogens is 252 g/mol. The molecule has 0 radical (unpaired) electrons. The van der Waals surface area contributed by atoms with Crippen LogP contribution in [-0.2, 0) is 11.4 Å². The van der Waals surface area contributed by atoms with Crippen LogP contribution in [0.2, 0.25) is 0 Å². The standard InChI is InChI=1S/C15H20N4O/c1-13-4-2-3-5-14(13)15(18-20-11-7-16)6-9-19-10-8-17-12-19/h2-6,8,10,12,18H,7,9,11,16H2,1H3. The van der Waals surface area contributed by atoms with Crippen LogP contribution in [0.25, 0.3) is 5.70 Å². The third kappa shape index (κ3) is 3.94. The maximum absolute atomic E-state index is 5.44. The Bertz CT molecular complexity index is 549. The fraction of sp³-hybridized carbons (Fsp3) is 0.267. The molecule has 0 aliphatic heterocycles. The first kappa shape index (κ1) is 14.3. The van der Waals surface area contributed by atoms with Gasteiger partial charge in [-0.15, -0.1) is 0 Å². The van der Waals surface area contributed by atoms with Crippen LogP contribution in [0, 0.1) is 6.92 Å². The van der Waals surface area contributed by atoms with Gasteiger partial charge in [-0.25, -0.2) is 4.98 Å². The molecule has 0 aliphatic carbocycles. The van der Waals surface area contributed by atoms with Gasteiger partial charge in [0.2, 0.25) is 0 Å². The summed E-state index contributed by atoms with van der Waals surface area (Å²) in [6, 6.07) is 8.17. The normalized spacial score (nSPS) is 11.6. The first-order valence-corrected chi connectivity index (χ1v) is 6.61. The fourth-order valence-electron chi connectivity index (χ4n) is 1.86. The Morgan fingerprint density at radius 3 is 3.00 bits per heavy atom. The van der Waals surface area contributed by atoms with Crippen molar-refractivity contribution in [1.82, 2.24) is 15.0 Å². The molecule has 0 bridgehead atoms. The molecule has 2 rings (SSSR count). The number of benzene rings is 1. The topological polar surface area (TPSA) is 65.1 Å². The highest BCUT2D eigenvalue weighted by Gasteiger charge is 2.04. The van der Waals surface area contributed by atoms with Gasteiger partial charge in [-0.2, -0.15) is 0 Å². The SMILES string of the molecule is Cc1ccccc1C(=CCn1ccnc1)NOCCN. The summed E-state index contributed by atoms with van der Waals surface area (Å²) < 4.78 is 1.99. The van der Waals surface area contributed by atoms with Crippen LogP contribution in [0.3, 0.4) is 0 Å². The van der Waals surface area contributed by atoms with Crippen molar-refractivity contribution in [2.24, 2.45) is 5.73 Å². The van der Waals surface area contributed by atoms with E-state index in [4.69, 9.17) is 10.6 Å². The predicted octanol–water partition coefficient (Wildman–Crippen LogP) is 1.71. The summed E-state index contributed by atoms with van der Waals surface area (Å²) in [7, 11) is 0. The number of hydroxylamine groups is 1. The highest BCUT2D eigenvalue weighted by Crippen LogP contribution is 2.16.